The Kier molecular flexibility index (Phi) is 5.41. The number of hydrogen-bond donors (Lipinski definition) is 4. The predicted octanol–water partition coefficient (Wildman–Crippen LogP) is 0.719. The van der Waals surface area contributed by atoms with Crippen molar-refractivity contribution in [1.29, 1.82) is 0 Å². The van der Waals surface area contributed by atoms with Gasteiger partial charge in [0.2, 0.25) is 7.37 Å². The lowest BCUT2D eigenvalue weighted by Crippen LogP contribution is -2.10. The molecule has 0 fully saturated rings. The zero-order valence-electron chi connectivity index (χ0n) is 8.41. The Morgan fingerprint density at radius 2 is 1.80 bits per heavy atom. The van der Waals surface area contributed by atoms with E-state index in [0.717, 1.165) is 0 Å². The molecule has 8 heteroatoms. The summed E-state index contributed by atoms with van der Waals surface area (Å²) in [7, 11) is -8.36. The van der Waals surface area contributed by atoms with Crippen molar-refractivity contribution in [2.75, 3.05) is 12.1 Å². The van der Waals surface area contributed by atoms with E-state index in [1.54, 1.807) is 6.92 Å². The Bertz CT molecular complexity index is 319. The van der Waals surface area contributed by atoms with E-state index in [1.807, 2.05) is 0 Å². The second-order valence-corrected chi connectivity index (χ2v) is 8.13. The number of aliphatic hydroxyl groups excluding tert-OH is 1. The molecule has 15 heavy (non-hydrogen) atoms. The van der Waals surface area contributed by atoms with Gasteiger partial charge < -0.3 is 19.8 Å². The molecule has 6 nitrogen and oxygen atoms in total. The maximum atomic E-state index is 11.3. The molecular weight excluding hydrogens is 242 g/mol. The molecule has 0 bridgehead atoms. The second-order valence-electron chi connectivity index (χ2n) is 3.53. The molecule has 0 aromatic heterocycles. The summed E-state index contributed by atoms with van der Waals surface area (Å²) in [4.78, 5) is 26.3. The fourth-order valence-corrected chi connectivity index (χ4v) is 4.45. The minimum atomic E-state index is -4.49. The van der Waals surface area contributed by atoms with Crippen LogP contribution in [-0.2, 0) is 9.13 Å². The third kappa shape index (κ3) is 7.91. The van der Waals surface area contributed by atoms with E-state index >= 15 is 0 Å². The zero-order valence-corrected chi connectivity index (χ0v) is 10.2. The third-order valence-corrected chi connectivity index (χ3v) is 5.92. The van der Waals surface area contributed by atoms with Gasteiger partial charge in [-0.15, -0.1) is 0 Å². The standard InChI is InChI=1S/C7H16O6P2/c1-6(2)7(8)3-4-14(9,10)5-15(11,12)13/h7-8H,1,3-5H2,2H3,(H,9,10)(H2,11,12,13). The molecule has 90 valence electrons. The topological polar surface area (TPSA) is 115 Å². The van der Waals surface area contributed by atoms with Crippen molar-refractivity contribution in [3.05, 3.63) is 12.2 Å². The lowest BCUT2D eigenvalue weighted by atomic mass is 10.1. The lowest BCUT2D eigenvalue weighted by Gasteiger charge is -2.15. The van der Waals surface area contributed by atoms with E-state index in [-0.39, 0.29) is 12.6 Å². The van der Waals surface area contributed by atoms with Crippen LogP contribution in [0.5, 0.6) is 0 Å². The van der Waals surface area contributed by atoms with Gasteiger partial charge in [0.05, 0.1) is 6.10 Å². The molecule has 2 unspecified atom stereocenters. The summed E-state index contributed by atoms with van der Waals surface area (Å²) in [6, 6.07) is 0. The van der Waals surface area contributed by atoms with E-state index < -0.39 is 27.0 Å². The first-order valence-electron chi connectivity index (χ1n) is 4.22. The van der Waals surface area contributed by atoms with Crippen LogP contribution >= 0.6 is 15.0 Å². The molecule has 0 amide bonds. The Morgan fingerprint density at radius 3 is 2.13 bits per heavy atom. The molecule has 0 rings (SSSR count). The zero-order chi connectivity index (χ0) is 12.3. The van der Waals surface area contributed by atoms with Gasteiger partial charge in [-0.1, -0.05) is 12.2 Å². The maximum Gasteiger partial charge on any atom is 0.335 e. The molecule has 0 aliphatic rings. The first kappa shape index (κ1) is 15.0. The van der Waals surface area contributed by atoms with Crippen molar-refractivity contribution in [3.8, 4) is 0 Å². The van der Waals surface area contributed by atoms with Crippen LogP contribution in [0.2, 0.25) is 0 Å². The van der Waals surface area contributed by atoms with Crippen LogP contribution in [0, 0.1) is 0 Å². The van der Waals surface area contributed by atoms with Crippen molar-refractivity contribution in [3.63, 3.8) is 0 Å². The van der Waals surface area contributed by atoms with Crippen molar-refractivity contribution in [2.24, 2.45) is 0 Å². The van der Waals surface area contributed by atoms with E-state index in [0.29, 0.717) is 5.57 Å². The van der Waals surface area contributed by atoms with Crippen molar-refractivity contribution in [1.82, 2.24) is 0 Å². The molecular formula is C7H16O6P2. The van der Waals surface area contributed by atoms with E-state index in [1.165, 1.54) is 0 Å². The van der Waals surface area contributed by atoms with Crippen LogP contribution in [-0.4, -0.2) is 38.0 Å². The smallest absolute Gasteiger partial charge is 0.335 e. The van der Waals surface area contributed by atoms with Crippen LogP contribution in [0.25, 0.3) is 0 Å². The van der Waals surface area contributed by atoms with Crippen molar-refractivity contribution < 1.29 is 28.9 Å². The van der Waals surface area contributed by atoms with Crippen molar-refractivity contribution >= 4 is 15.0 Å². The normalized spacial score (nSPS) is 18.2. The summed E-state index contributed by atoms with van der Waals surface area (Å²) in [5.74, 6) is -1.04. The summed E-state index contributed by atoms with van der Waals surface area (Å²) >= 11 is 0. The lowest BCUT2D eigenvalue weighted by molar-refractivity contribution is 0.206. The van der Waals surface area contributed by atoms with Gasteiger partial charge in [-0.3, -0.25) is 9.13 Å². The van der Waals surface area contributed by atoms with Gasteiger partial charge in [0.25, 0.3) is 0 Å². The third-order valence-electron chi connectivity index (χ3n) is 1.73. The van der Waals surface area contributed by atoms with Crippen molar-refractivity contribution in [2.45, 2.75) is 19.4 Å². The predicted molar refractivity (Wildman–Crippen MR) is 57.0 cm³/mol. The van der Waals surface area contributed by atoms with E-state index in [2.05, 4.69) is 6.58 Å². The second kappa shape index (κ2) is 5.39. The highest BCUT2D eigenvalue weighted by atomic mass is 31.2. The largest absolute Gasteiger partial charge is 0.389 e. The molecule has 0 heterocycles. The Balaban J connectivity index is 4.23. The highest BCUT2D eigenvalue weighted by Gasteiger charge is 2.29. The molecule has 0 aliphatic carbocycles. The molecule has 4 N–H and O–H groups in total. The van der Waals surface area contributed by atoms with Gasteiger partial charge in [0.15, 0.2) is 0 Å². The number of rotatable bonds is 6. The molecule has 0 aromatic rings. The SMILES string of the molecule is C=C(C)C(O)CCP(=O)(O)CP(=O)(O)O. The van der Waals surface area contributed by atoms with Crippen LogP contribution in [0.15, 0.2) is 12.2 Å². The fraction of sp³-hybridized carbons (Fsp3) is 0.714. The molecule has 0 aromatic carbocycles. The van der Waals surface area contributed by atoms with Gasteiger partial charge in [-0.05, 0) is 13.3 Å². The first-order valence-corrected chi connectivity index (χ1v) is 8.05. The summed E-state index contributed by atoms with van der Waals surface area (Å²) < 4.78 is 21.8. The molecule has 0 saturated heterocycles. The molecule has 0 saturated carbocycles. The quantitative estimate of drug-likeness (QED) is 0.412. The van der Waals surface area contributed by atoms with E-state index in [4.69, 9.17) is 9.79 Å². The molecule has 0 aliphatic heterocycles. The summed E-state index contributed by atoms with van der Waals surface area (Å²) in [5.41, 5.74) is 0.450. The van der Waals surface area contributed by atoms with E-state index in [9.17, 15) is 19.1 Å². The van der Waals surface area contributed by atoms with Gasteiger partial charge >= 0.3 is 7.60 Å². The molecule has 0 spiro atoms. The Hall–Kier alpha value is 0.0400. The van der Waals surface area contributed by atoms with Gasteiger partial charge in [-0.2, -0.15) is 0 Å². The van der Waals surface area contributed by atoms with Gasteiger partial charge in [0.1, 0.15) is 5.90 Å². The molecule has 2 atom stereocenters. The number of hydrogen-bond acceptors (Lipinski definition) is 3. The summed E-state index contributed by atoms with van der Waals surface area (Å²) in [6.45, 7) is 5.02. The van der Waals surface area contributed by atoms with Crippen LogP contribution in [0.4, 0.5) is 0 Å². The Labute approximate surface area is 88.3 Å². The Morgan fingerprint density at radius 1 is 1.33 bits per heavy atom. The fourth-order valence-electron chi connectivity index (χ4n) is 0.929. The minimum Gasteiger partial charge on any atom is -0.389 e. The first-order chi connectivity index (χ1) is 6.53. The van der Waals surface area contributed by atoms with Crippen LogP contribution < -0.4 is 0 Å². The monoisotopic (exact) mass is 258 g/mol. The summed E-state index contributed by atoms with van der Waals surface area (Å²) in [5, 5.41) is 9.26. The van der Waals surface area contributed by atoms with Gasteiger partial charge in [0, 0.05) is 6.16 Å². The minimum absolute atomic E-state index is 0.0247. The average molecular weight is 258 g/mol. The highest BCUT2D eigenvalue weighted by Crippen LogP contribution is 2.54. The average Bonchev–Trinajstić information content (AvgIpc) is 1.95. The summed E-state index contributed by atoms with van der Waals surface area (Å²) in [6.07, 6.45) is -1.27. The number of aliphatic hydroxyl groups is 1. The highest BCUT2D eigenvalue weighted by molar-refractivity contribution is 7.72. The van der Waals surface area contributed by atoms with Crippen LogP contribution in [0.1, 0.15) is 13.3 Å². The van der Waals surface area contributed by atoms with Crippen LogP contribution in [0.3, 0.4) is 0 Å². The maximum absolute atomic E-state index is 11.3. The van der Waals surface area contributed by atoms with Gasteiger partial charge in [-0.25, -0.2) is 0 Å². The molecule has 0 radical (unpaired) electrons.